The summed E-state index contributed by atoms with van der Waals surface area (Å²) in [6, 6.07) is -0.320. The minimum Gasteiger partial charge on any atom is -0.338 e. The molecule has 1 aliphatic heterocycles. The monoisotopic (exact) mass is 336 g/mol. The lowest BCUT2D eigenvalue weighted by Gasteiger charge is -2.18. The third-order valence-electron chi connectivity index (χ3n) is 3.42. The molecule has 1 aromatic rings. The smallest absolute Gasteiger partial charge is 0.338 e. The zero-order valence-electron chi connectivity index (χ0n) is 12.2. The van der Waals surface area contributed by atoms with Gasteiger partial charge in [-0.15, -0.1) is 11.3 Å². The molecule has 124 valence electrons. The average Bonchev–Trinajstić information content (AvgIpc) is 3.01. The van der Waals surface area contributed by atoms with Gasteiger partial charge in [0.05, 0.1) is 23.8 Å². The van der Waals surface area contributed by atoms with Gasteiger partial charge in [0.15, 0.2) is 0 Å². The molecule has 9 heteroatoms. The number of halogens is 3. The van der Waals surface area contributed by atoms with Gasteiger partial charge in [-0.3, -0.25) is 4.90 Å². The van der Waals surface area contributed by atoms with Crippen molar-refractivity contribution in [2.75, 3.05) is 26.2 Å². The Balaban J connectivity index is 1.63. The van der Waals surface area contributed by atoms with Crippen LogP contribution in [-0.2, 0) is 6.54 Å². The van der Waals surface area contributed by atoms with Crippen LogP contribution in [0.5, 0.6) is 0 Å². The Labute approximate surface area is 130 Å². The van der Waals surface area contributed by atoms with Crippen molar-refractivity contribution in [1.82, 2.24) is 20.5 Å². The van der Waals surface area contributed by atoms with Gasteiger partial charge in [0.1, 0.15) is 0 Å². The number of nitrogens with one attached hydrogen (secondary N) is 2. The summed E-state index contributed by atoms with van der Waals surface area (Å²) in [4.78, 5) is 17.3. The van der Waals surface area contributed by atoms with E-state index in [4.69, 9.17) is 0 Å². The maximum atomic E-state index is 12.3. The molecule has 2 amide bonds. The molecule has 0 radical (unpaired) electrons. The van der Waals surface area contributed by atoms with E-state index in [1.54, 1.807) is 0 Å². The fourth-order valence-electron chi connectivity index (χ4n) is 2.44. The fraction of sp³-hybridized carbons (Fsp3) is 0.692. The third-order valence-corrected chi connectivity index (χ3v) is 4.24. The van der Waals surface area contributed by atoms with Gasteiger partial charge in [-0.25, -0.2) is 9.78 Å². The molecule has 1 aliphatic rings. The molecule has 22 heavy (non-hydrogen) atoms. The first-order chi connectivity index (χ1) is 10.3. The van der Waals surface area contributed by atoms with Crippen LogP contribution in [0.4, 0.5) is 18.0 Å². The van der Waals surface area contributed by atoms with Crippen molar-refractivity contribution < 1.29 is 18.0 Å². The van der Waals surface area contributed by atoms with Crippen LogP contribution in [0.2, 0.25) is 0 Å². The highest BCUT2D eigenvalue weighted by Gasteiger charge is 2.34. The lowest BCUT2D eigenvalue weighted by atomic mass is 10.1. The number of aryl methyl sites for hydroxylation is 1. The maximum absolute atomic E-state index is 12.3. The summed E-state index contributed by atoms with van der Waals surface area (Å²) < 4.78 is 36.9. The molecular weight excluding hydrogens is 317 g/mol. The van der Waals surface area contributed by atoms with Crippen LogP contribution >= 0.6 is 11.3 Å². The molecule has 0 aliphatic carbocycles. The second kappa shape index (κ2) is 7.28. The quantitative estimate of drug-likeness (QED) is 0.866. The highest BCUT2D eigenvalue weighted by Crippen LogP contribution is 2.22. The molecule has 1 fully saturated rings. The van der Waals surface area contributed by atoms with Crippen molar-refractivity contribution in [1.29, 1.82) is 0 Å². The van der Waals surface area contributed by atoms with Gasteiger partial charge in [0.2, 0.25) is 0 Å². The van der Waals surface area contributed by atoms with Gasteiger partial charge in [0.25, 0.3) is 0 Å². The highest BCUT2D eigenvalue weighted by atomic mass is 32.1. The normalized spacial score (nSPS) is 19.4. The van der Waals surface area contributed by atoms with E-state index in [0.717, 1.165) is 10.7 Å². The van der Waals surface area contributed by atoms with Crippen molar-refractivity contribution in [2.45, 2.75) is 26.1 Å². The lowest BCUT2D eigenvalue weighted by molar-refractivity contribution is -0.143. The summed E-state index contributed by atoms with van der Waals surface area (Å²) in [6.45, 7) is 2.54. The van der Waals surface area contributed by atoms with Gasteiger partial charge in [-0.05, 0) is 25.8 Å². The molecule has 2 rings (SSSR count). The van der Waals surface area contributed by atoms with Crippen molar-refractivity contribution >= 4 is 17.4 Å². The number of carbonyl (C=O) groups excluding carboxylic acids is 1. The Bertz CT molecular complexity index is 506. The molecule has 2 N–H and O–H groups in total. The van der Waals surface area contributed by atoms with Crippen LogP contribution in [0.15, 0.2) is 5.38 Å². The Morgan fingerprint density at radius 1 is 1.50 bits per heavy atom. The second-order valence-electron chi connectivity index (χ2n) is 5.43. The Morgan fingerprint density at radius 3 is 2.91 bits per heavy atom. The summed E-state index contributed by atoms with van der Waals surface area (Å²) in [7, 11) is 0. The van der Waals surface area contributed by atoms with Crippen molar-refractivity contribution in [3.63, 3.8) is 0 Å². The van der Waals surface area contributed by atoms with Crippen LogP contribution in [0.1, 0.15) is 17.1 Å². The topological polar surface area (TPSA) is 57.3 Å². The van der Waals surface area contributed by atoms with E-state index >= 15 is 0 Å². The predicted molar refractivity (Wildman–Crippen MR) is 77.7 cm³/mol. The number of hydrogen-bond donors (Lipinski definition) is 2. The van der Waals surface area contributed by atoms with Crippen LogP contribution < -0.4 is 10.6 Å². The van der Waals surface area contributed by atoms with Gasteiger partial charge < -0.3 is 10.6 Å². The van der Waals surface area contributed by atoms with Gasteiger partial charge in [-0.2, -0.15) is 13.2 Å². The van der Waals surface area contributed by atoms with E-state index in [0.29, 0.717) is 32.6 Å². The summed E-state index contributed by atoms with van der Waals surface area (Å²) in [6.07, 6.45) is -3.49. The van der Waals surface area contributed by atoms with Gasteiger partial charge in [-0.1, -0.05) is 0 Å². The zero-order chi connectivity index (χ0) is 16.2. The number of carbonyl (C=O) groups is 1. The molecule has 0 saturated carbocycles. The first kappa shape index (κ1) is 17.0. The molecule has 0 aromatic carbocycles. The van der Waals surface area contributed by atoms with Crippen LogP contribution in [-0.4, -0.2) is 48.3 Å². The molecule has 2 heterocycles. The van der Waals surface area contributed by atoms with E-state index in [-0.39, 0.29) is 11.9 Å². The number of amides is 2. The summed E-state index contributed by atoms with van der Waals surface area (Å²) in [5.74, 6) is 0.0645. The Morgan fingerprint density at radius 2 is 2.27 bits per heavy atom. The fourth-order valence-corrected chi connectivity index (χ4v) is 3.05. The Kier molecular flexibility index (Phi) is 5.63. The molecule has 0 spiro atoms. The Hall–Kier alpha value is -1.35. The number of nitrogens with zero attached hydrogens (tertiary/aromatic N) is 2. The summed E-state index contributed by atoms with van der Waals surface area (Å²) >= 11 is 1.51. The van der Waals surface area contributed by atoms with Crippen molar-refractivity contribution in [2.24, 2.45) is 5.92 Å². The minimum absolute atomic E-state index is 0.0645. The zero-order valence-corrected chi connectivity index (χ0v) is 13.1. The van der Waals surface area contributed by atoms with Gasteiger partial charge in [0, 0.05) is 18.5 Å². The first-order valence-electron chi connectivity index (χ1n) is 7.03. The molecule has 1 aromatic heterocycles. The first-order valence-corrected chi connectivity index (χ1v) is 7.91. The van der Waals surface area contributed by atoms with E-state index in [2.05, 4.69) is 15.6 Å². The number of urea groups is 1. The van der Waals surface area contributed by atoms with Crippen molar-refractivity contribution in [3.05, 3.63) is 16.1 Å². The number of hydrogen-bond acceptors (Lipinski definition) is 4. The van der Waals surface area contributed by atoms with Crippen LogP contribution in [0.25, 0.3) is 0 Å². The lowest BCUT2D eigenvalue weighted by Crippen LogP contribution is -2.39. The molecule has 5 nitrogen and oxygen atoms in total. The summed E-state index contributed by atoms with van der Waals surface area (Å²) in [5, 5.41) is 8.20. The third kappa shape index (κ3) is 5.80. The second-order valence-corrected chi connectivity index (χ2v) is 6.49. The molecule has 1 unspecified atom stereocenters. The molecule has 1 saturated heterocycles. The number of rotatable bonds is 5. The number of aromatic nitrogens is 1. The molecule has 0 bridgehead atoms. The SMILES string of the molecule is Cc1nc(CNC(=O)NCC2CCN(CC(F)(F)F)C2)cs1. The highest BCUT2D eigenvalue weighted by molar-refractivity contribution is 7.09. The van der Waals surface area contributed by atoms with Crippen LogP contribution in [0.3, 0.4) is 0 Å². The average molecular weight is 336 g/mol. The van der Waals surface area contributed by atoms with E-state index in [1.165, 1.54) is 16.2 Å². The molecular formula is C13H19F3N4OS. The van der Waals surface area contributed by atoms with E-state index in [1.807, 2.05) is 12.3 Å². The van der Waals surface area contributed by atoms with Crippen LogP contribution in [0, 0.1) is 12.8 Å². The number of alkyl halides is 3. The maximum Gasteiger partial charge on any atom is 0.401 e. The van der Waals surface area contributed by atoms with Crippen molar-refractivity contribution in [3.8, 4) is 0 Å². The summed E-state index contributed by atoms with van der Waals surface area (Å²) in [5.41, 5.74) is 0.801. The molecule has 1 atom stereocenters. The van der Waals surface area contributed by atoms with E-state index in [9.17, 15) is 18.0 Å². The number of thiazole rings is 1. The standard InChI is InChI=1S/C13H19F3N4OS/c1-9-19-11(7-22-9)5-18-12(21)17-4-10-2-3-20(6-10)8-13(14,15)16/h7,10H,2-6,8H2,1H3,(H2,17,18,21). The van der Waals surface area contributed by atoms with E-state index < -0.39 is 12.7 Å². The minimum atomic E-state index is -4.16. The largest absolute Gasteiger partial charge is 0.401 e. The number of likely N-dealkylation sites (tertiary alicyclic amines) is 1. The van der Waals surface area contributed by atoms with Gasteiger partial charge >= 0.3 is 12.2 Å². The predicted octanol–water partition coefficient (Wildman–Crippen LogP) is 2.13.